The summed E-state index contributed by atoms with van der Waals surface area (Å²) >= 11 is 0. The van der Waals surface area contributed by atoms with Gasteiger partial charge in [0.15, 0.2) is 0 Å². The third-order valence-corrected chi connectivity index (χ3v) is 4.59. The molecule has 2 heterocycles. The van der Waals surface area contributed by atoms with Crippen LogP contribution in [0.4, 0.5) is 17.2 Å². The minimum absolute atomic E-state index is 0.207. The van der Waals surface area contributed by atoms with Crippen molar-refractivity contribution in [3.63, 3.8) is 0 Å². The second-order valence-electron chi connectivity index (χ2n) is 7.07. The van der Waals surface area contributed by atoms with E-state index in [4.69, 9.17) is 0 Å². The molecule has 0 aliphatic carbocycles. The van der Waals surface area contributed by atoms with Crippen molar-refractivity contribution in [3.05, 3.63) is 42.4 Å². The second kappa shape index (κ2) is 9.32. The van der Waals surface area contributed by atoms with E-state index in [1.165, 1.54) is 31.1 Å². The second-order valence-corrected chi connectivity index (χ2v) is 7.07. The molecule has 1 aliphatic heterocycles. The summed E-state index contributed by atoms with van der Waals surface area (Å²) in [6.07, 6.45) is 6.95. The van der Waals surface area contributed by atoms with E-state index in [2.05, 4.69) is 37.6 Å². The van der Waals surface area contributed by atoms with Crippen LogP contribution in [0.3, 0.4) is 0 Å². The zero-order valence-electron chi connectivity index (χ0n) is 16.1. The molecule has 1 saturated heterocycles. The van der Waals surface area contributed by atoms with Gasteiger partial charge in [-0.2, -0.15) is 0 Å². The summed E-state index contributed by atoms with van der Waals surface area (Å²) in [7, 11) is 3.93. The molecule has 7 nitrogen and oxygen atoms in total. The monoisotopic (exact) mass is 368 g/mol. The van der Waals surface area contributed by atoms with E-state index in [1.807, 2.05) is 31.1 Å². The summed E-state index contributed by atoms with van der Waals surface area (Å²) in [5.74, 6) is 0.410. The van der Waals surface area contributed by atoms with Gasteiger partial charge in [0.05, 0.1) is 12.4 Å². The van der Waals surface area contributed by atoms with E-state index >= 15 is 0 Å². The van der Waals surface area contributed by atoms with Gasteiger partial charge >= 0.3 is 0 Å². The Bertz CT molecular complexity index is 723. The number of hydrogen-bond acceptors (Lipinski definition) is 6. The summed E-state index contributed by atoms with van der Waals surface area (Å²) < 4.78 is 0. The van der Waals surface area contributed by atoms with E-state index in [1.54, 1.807) is 6.20 Å². The lowest BCUT2D eigenvalue weighted by atomic mass is 10.1. The molecule has 0 radical (unpaired) electrons. The predicted molar refractivity (Wildman–Crippen MR) is 109 cm³/mol. The summed E-state index contributed by atoms with van der Waals surface area (Å²) in [6.45, 7) is 3.63. The topological polar surface area (TPSA) is 73.4 Å². The molecule has 27 heavy (non-hydrogen) atoms. The Kier molecular flexibility index (Phi) is 6.59. The number of anilines is 3. The largest absolute Gasteiger partial charge is 0.372 e. The zero-order chi connectivity index (χ0) is 19.1. The molecule has 0 bridgehead atoms. The Morgan fingerprint density at radius 2 is 1.81 bits per heavy atom. The van der Waals surface area contributed by atoms with Gasteiger partial charge in [0.1, 0.15) is 11.5 Å². The van der Waals surface area contributed by atoms with E-state index in [9.17, 15) is 4.79 Å². The lowest BCUT2D eigenvalue weighted by molar-refractivity contribution is 0.0945. The number of carbonyl (C=O) groups excluding carboxylic acids is 1. The standard InChI is InChI=1S/C20H28N6O/c1-25(2)13-10-21-20(27)18-14-23-19(15-22-18)24-16-6-8-17(9-7-16)26-11-4-3-5-12-26/h6-9,14-15H,3-5,10-13H2,1-2H3,(H,21,27)(H,23,24). The highest BCUT2D eigenvalue weighted by Crippen LogP contribution is 2.23. The molecule has 3 rings (SSSR count). The average molecular weight is 368 g/mol. The van der Waals surface area contributed by atoms with Crippen molar-refractivity contribution >= 4 is 23.1 Å². The van der Waals surface area contributed by atoms with Gasteiger partial charge in [0.25, 0.3) is 5.91 Å². The molecule has 0 unspecified atom stereocenters. The number of hydrogen-bond donors (Lipinski definition) is 2. The Balaban J connectivity index is 1.54. The summed E-state index contributed by atoms with van der Waals surface area (Å²) in [5, 5.41) is 6.06. The fourth-order valence-electron chi connectivity index (χ4n) is 3.05. The smallest absolute Gasteiger partial charge is 0.271 e. The first kappa shape index (κ1) is 19.1. The number of likely N-dealkylation sites (N-methyl/N-ethyl adjacent to an activating group) is 1. The first-order chi connectivity index (χ1) is 13.1. The van der Waals surface area contributed by atoms with Gasteiger partial charge < -0.3 is 20.4 Å². The van der Waals surface area contributed by atoms with Gasteiger partial charge in [-0.05, 0) is 57.6 Å². The molecular formula is C20H28N6O. The van der Waals surface area contributed by atoms with E-state index < -0.39 is 0 Å². The zero-order valence-corrected chi connectivity index (χ0v) is 16.1. The third-order valence-electron chi connectivity index (χ3n) is 4.59. The molecule has 0 atom stereocenters. The Morgan fingerprint density at radius 3 is 2.44 bits per heavy atom. The van der Waals surface area contributed by atoms with Crippen LogP contribution in [0, 0.1) is 0 Å². The number of aromatic nitrogens is 2. The normalized spacial score (nSPS) is 14.3. The summed E-state index contributed by atoms with van der Waals surface area (Å²) in [6, 6.07) is 8.36. The predicted octanol–water partition coefficient (Wildman–Crippen LogP) is 2.50. The maximum absolute atomic E-state index is 12.0. The fourth-order valence-corrected chi connectivity index (χ4v) is 3.05. The van der Waals surface area contributed by atoms with Crippen LogP contribution < -0.4 is 15.5 Å². The Hall–Kier alpha value is -2.67. The first-order valence-corrected chi connectivity index (χ1v) is 9.49. The van der Waals surface area contributed by atoms with Crippen molar-refractivity contribution in [1.82, 2.24) is 20.2 Å². The van der Waals surface area contributed by atoms with Gasteiger partial charge in [-0.15, -0.1) is 0 Å². The maximum Gasteiger partial charge on any atom is 0.271 e. The summed E-state index contributed by atoms with van der Waals surface area (Å²) in [4.78, 5) is 25.0. The van der Waals surface area contributed by atoms with Gasteiger partial charge in [0.2, 0.25) is 0 Å². The van der Waals surface area contributed by atoms with Crippen molar-refractivity contribution < 1.29 is 4.79 Å². The average Bonchev–Trinajstić information content (AvgIpc) is 2.69. The molecule has 2 aromatic rings. The number of rotatable bonds is 7. The number of nitrogens with one attached hydrogen (secondary N) is 2. The molecule has 1 amide bonds. The molecule has 2 N–H and O–H groups in total. The van der Waals surface area contributed by atoms with E-state index in [0.29, 0.717) is 18.1 Å². The molecule has 1 aromatic carbocycles. The number of benzene rings is 1. The van der Waals surface area contributed by atoms with Crippen molar-refractivity contribution in [1.29, 1.82) is 0 Å². The molecule has 0 saturated carbocycles. The first-order valence-electron chi connectivity index (χ1n) is 9.49. The molecule has 144 valence electrons. The molecule has 7 heteroatoms. The SMILES string of the molecule is CN(C)CCNC(=O)c1cnc(Nc2ccc(N3CCCCC3)cc2)cn1. The third kappa shape index (κ3) is 5.65. The minimum Gasteiger partial charge on any atom is -0.372 e. The van der Waals surface area contributed by atoms with E-state index in [-0.39, 0.29) is 5.91 Å². The lowest BCUT2D eigenvalue weighted by Gasteiger charge is -2.28. The number of nitrogens with zero attached hydrogens (tertiary/aromatic N) is 4. The highest BCUT2D eigenvalue weighted by Gasteiger charge is 2.11. The quantitative estimate of drug-likeness (QED) is 0.782. The number of amides is 1. The van der Waals surface area contributed by atoms with Gasteiger partial charge in [0, 0.05) is 37.6 Å². The van der Waals surface area contributed by atoms with Gasteiger partial charge in [-0.25, -0.2) is 9.97 Å². The highest BCUT2D eigenvalue weighted by atomic mass is 16.1. The Labute approximate surface area is 160 Å². The highest BCUT2D eigenvalue weighted by molar-refractivity contribution is 5.92. The van der Waals surface area contributed by atoms with Crippen molar-refractivity contribution in [3.8, 4) is 0 Å². The fraction of sp³-hybridized carbons (Fsp3) is 0.450. The van der Waals surface area contributed by atoms with Gasteiger partial charge in [-0.1, -0.05) is 0 Å². The van der Waals surface area contributed by atoms with Crippen LogP contribution in [0.25, 0.3) is 0 Å². The number of carbonyl (C=O) groups is 1. The Morgan fingerprint density at radius 1 is 1.07 bits per heavy atom. The van der Waals surface area contributed by atoms with Crippen LogP contribution >= 0.6 is 0 Å². The van der Waals surface area contributed by atoms with Crippen molar-refractivity contribution in [2.24, 2.45) is 0 Å². The molecule has 1 aromatic heterocycles. The van der Waals surface area contributed by atoms with Crippen LogP contribution in [-0.4, -0.2) is 61.0 Å². The van der Waals surface area contributed by atoms with Crippen LogP contribution in [0.1, 0.15) is 29.8 Å². The maximum atomic E-state index is 12.0. The molecular weight excluding hydrogens is 340 g/mol. The molecule has 1 aliphatic rings. The minimum atomic E-state index is -0.207. The van der Waals surface area contributed by atoms with Crippen LogP contribution in [0.5, 0.6) is 0 Å². The van der Waals surface area contributed by atoms with Crippen molar-refractivity contribution in [2.75, 3.05) is 50.5 Å². The lowest BCUT2D eigenvalue weighted by Crippen LogP contribution is -2.31. The molecule has 1 fully saturated rings. The van der Waals surface area contributed by atoms with Gasteiger partial charge in [-0.3, -0.25) is 4.79 Å². The van der Waals surface area contributed by atoms with Crippen LogP contribution in [0.2, 0.25) is 0 Å². The summed E-state index contributed by atoms with van der Waals surface area (Å²) in [5.41, 5.74) is 2.53. The van der Waals surface area contributed by atoms with Crippen LogP contribution in [0.15, 0.2) is 36.7 Å². The molecule has 0 spiro atoms. The van der Waals surface area contributed by atoms with Crippen molar-refractivity contribution in [2.45, 2.75) is 19.3 Å². The van der Waals surface area contributed by atoms with Crippen LogP contribution in [-0.2, 0) is 0 Å². The van der Waals surface area contributed by atoms with E-state index in [0.717, 1.165) is 25.3 Å². The number of piperidine rings is 1.